The molecular weight excluding hydrogens is 214 g/mol. The van der Waals surface area contributed by atoms with Crippen molar-refractivity contribution in [3.05, 3.63) is 22.7 Å². The van der Waals surface area contributed by atoms with Crippen molar-refractivity contribution in [1.29, 1.82) is 0 Å². The van der Waals surface area contributed by atoms with Crippen LogP contribution in [0.5, 0.6) is 5.75 Å². The Labute approximate surface area is 93.4 Å². The monoisotopic (exact) mass is 225 g/mol. The van der Waals surface area contributed by atoms with Crippen LogP contribution in [0.3, 0.4) is 0 Å². The van der Waals surface area contributed by atoms with Crippen LogP contribution < -0.4 is 10.1 Å². The number of nitrogens with one attached hydrogen (secondary N) is 1. The van der Waals surface area contributed by atoms with Crippen molar-refractivity contribution < 1.29 is 9.53 Å². The molecule has 0 unspecified atom stereocenters. The van der Waals surface area contributed by atoms with E-state index in [0.717, 1.165) is 11.3 Å². The first kappa shape index (κ1) is 10.3. The molecule has 80 valence electrons. The number of methoxy groups -OCH3 is 1. The van der Waals surface area contributed by atoms with Gasteiger partial charge in [0, 0.05) is 30.6 Å². The van der Waals surface area contributed by atoms with E-state index in [0.29, 0.717) is 30.2 Å². The van der Waals surface area contributed by atoms with Crippen molar-refractivity contribution in [2.75, 3.05) is 19.0 Å². The van der Waals surface area contributed by atoms with Gasteiger partial charge in [0.15, 0.2) is 0 Å². The highest BCUT2D eigenvalue weighted by molar-refractivity contribution is 6.33. The average molecular weight is 226 g/mol. The third-order valence-corrected chi connectivity index (χ3v) is 2.94. The number of benzene rings is 1. The van der Waals surface area contributed by atoms with Crippen LogP contribution in [-0.4, -0.2) is 19.4 Å². The third kappa shape index (κ3) is 1.92. The van der Waals surface area contributed by atoms with Crippen LogP contribution in [0.4, 0.5) is 5.69 Å². The van der Waals surface area contributed by atoms with Crippen LogP contribution >= 0.6 is 11.6 Å². The molecule has 4 heteroatoms. The zero-order valence-electron chi connectivity index (χ0n) is 8.47. The van der Waals surface area contributed by atoms with E-state index >= 15 is 0 Å². The van der Waals surface area contributed by atoms with Gasteiger partial charge in [-0.1, -0.05) is 11.6 Å². The van der Waals surface area contributed by atoms with Gasteiger partial charge in [-0.15, -0.1) is 0 Å². The van der Waals surface area contributed by atoms with Crippen LogP contribution in [0.1, 0.15) is 12.0 Å². The maximum Gasteiger partial charge on any atom is 0.139 e. The van der Waals surface area contributed by atoms with Gasteiger partial charge in [-0.3, -0.25) is 4.79 Å². The molecule has 0 aliphatic carbocycles. The Hall–Kier alpha value is -1.22. The number of anilines is 1. The Morgan fingerprint density at radius 1 is 1.47 bits per heavy atom. The first-order valence-corrected chi connectivity index (χ1v) is 5.21. The molecule has 15 heavy (non-hydrogen) atoms. The SMILES string of the molecule is COc1ccc2c(c1Cl)CC(=O)CCN2. The number of hydrogen-bond donors (Lipinski definition) is 1. The summed E-state index contributed by atoms with van der Waals surface area (Å²) in [6, 6.07) is 3.71. The molecular formula is C11H12ClNO2. The summed E-state index contributed by atoms with van der Waals surface area (Å²) in [5.41, 5.74) is 1.78. The predicted molar refractivity (Wildman–Crippen MR) is 59.8 cm³/mol. The molecule has 0 amide bonds. The van der Waals surface area contributed by atoms with Gasteiger partial charge in [0.25, 0.3) is 0 Å². The van der Waals surface area contributed by atoms with E-state index in [1.807, 2.05) is 12.1 Å². The molecule has 1 aliphatic heterocycles. The predicted octanol–water partition coefficient (Wildman–Crippen LogP) is 2.28. The van der Waals surface area contributed by atoms with Crippen LogP contribution in [0.15, 0.2) is 12.1 Å². The maximum absolute atomic E-state index is 11.5. The van der Waals surface area contributed by atoms with Crippen LogP contribution in [0.2, 0.25) is 5.02 Å². The number of halogens is 1. The second kappa shape index (κ2) is 4.11. The van der Waals surface area contributed by atoms with E-state index in [4.69, 9.17) is 16.3 Å². The highest BCUT2D eigenvalue weighted by Crippen LogP contribution is 2.34. The Balaban J connectivity index is 2.49. The fourth-order valence-electron chi connectivity index (χ4n) is 1.72. The number of fused-ring (bicyclic) bond motifs is 1. The zero-order chi connectivity index (χ0) is 10.8. The van der Waals surface area contributed by atoms with Gasteiger partial charge >= 0.3 is 0 Å². The van der Waals surface area contributed by atoms with Crippen molar-refractivity contribution in [2.24, 2.45) is 0 Å². The number of hydrogen-bond acceptors (Lipinski definition) is 3. The Morgan fingerprint density at radius 3 is 3.00 bits per heavy atom. The Morgan fingerprint density at radius 2 is 2.27 bits per heavy atom. The molecule has 0 aromatic heterocycles. The summed E-state index contributed by atoms with van der Waals surface area (Å²) in [6.45, 7) is 0.675. The van der Waals surface area contributed by atoms with Gasteiger partial charge in [-0.05, 0) is 12.1 Å². The summed E-state index contributed by atoms with van der Waals surface area (Å²) >= 11 is 6.15. The number of rotatable bonds is 1. The largest absolute Gasteiger partial charge is 0.495 e. The number of ketones is 1. The molecule has 0 atom stereocenters. The van der Waals surface area contributed by atoms with Crippen LogP contribution in [-0.2, 0) is 11.2 Å². The fourth-order valence-corrected chi connectivity index (χ4v) is 2.03. The highest BCUT2D eigenvalue weighted by atomic mass is 35.5. The van der Waals surface area contributed by atoms with E-state index in [2.05, 4.69) is 5.32 Å². The number of Topliss-reactive ketones (excluding diaryl/α,β-unsaturated/α-hetero) is 1. The van der Waals surface area contributed by atoms with E-state index in [1.165, 1.54) is 0 Å². The van der Waals surface area contributed by atoms with Crippen molar-refractivity contribution in [3.8, 4) is 5.75 Å². The summed E-state index contributed by atoms with van der Waals surface area (Å²) in [6.07, 6.45) is 0.936. The summed E-state index contributed by atoms with van der Waals surface area (Å²) in [7, 11) is 1.57. The van der Waals surface area contributed by atoms with Gasteiger partial charge < -0.3 is 10.1 Å². The van der Waals surface area contributed by atoms with Gasteiger partial charge in [-0.2, -0.15) is 0 Å². The minimum absolute atomic E-state index is 0.205. The van der Waals surface area contributed by atoms with E-state index in [-0.39, 0.29) is 5.78 Å². The highest BCUT2D eigenvalue weighted by Gasteiger charge is 2.18. The molecule has 1 aromatic rings. The molecule has 0 saturated carbocycles. The summed E-state index contributed by atoms with van der Waals surface area (Å²) in [4.78, 5) is 11.5. The minimum Gasteiger partial charge on any atom is -0.495 e. The lowest BCUT2D eigenvalue weighted by Crippen LogP contribution is -2.03. The van der Waals surface area contributed by atoms with Crippen molar-refractivity contribution >= 4 is 23.1 Å². The summed E-state index contributed by atoms with van der Waals surface area (Å²) in [5, 5.41) is 3.73. The topological polar surface area (TPSA) is 38.3 Å². The van der Waals surface area contributed by atoms with E-state index < -0.39 is 0 Å². The lowest BCUT2D eigenvalue weighted by atomic mass is 10.1. The van der Waals surface area contributed by atoms with E-state index in [1.54, 1.807) is 7.11 Å². The molecule has 2 rings (SSSR count). The molecule has 1 N–H and O–H groups in total. The minimum atomic E-state index is 0.205. The molecule has 0 bridgehead atoms. The second-order valence-corrected chi connectivity index (χ2v) is 3.88. The number of ether oxygens (including phenoxy) is 1. The fraction of sp³-hybridized carbons (Fsp3) is 0.364. The van der Waals surface area contributed by atoms with Gasteiger partial charge in [-0.25, -0.2) is 0 Å². The molecule has 3 nitrogen and oxygen atoms in total. The van der Waals surface area contributed by atoms with E-state index in [9.17, 15) is 4.79 Å². The normalized spacial score (nSPS) is 15.2. The molecule has 0 radical (unpaired) electrons. The first-order chi connectivity index (χ1) is 7.22. The summed E-state index contributed by atoms with van der Waals surface area (Å²) < 4.78 is 5.12. The van der Waals surface area contributed by atoms with Crippen LogP contribution in [0.25, 0.3) is 0 Å². The molecule has 0 spiro atoms. The molecule has 1 aliphatic rings. The molecule has 0 fully saturated rings. The molecule has 1 aromatic carbocycles. The molecule has 1 heterocycles. The summed E-state index contributed by atoms with van der Waals surface area (Å²) in [5.74, 6) is 0.823. The van der Waals surface area contributed by atoms with Crippen molar-refractivity contribution in [2.45, 2.75) is 12.8 Å². The zero-order valence-corrected chi connectivity index (χ0v) is 9.23. The van der Waals surface area contributed by atoms with Gasteiger partial charge in [0.1, 0.15) is 11.5 Å². The Kier molecular flexibility index (Phi) is 2.82. The number of carbonyl (C=O) groups excluding carboxylic acids is 1. The van der Waals surface area contributed by atoms with Crippen molar-refractivity contribution in [1.82, 2.24) is 0 Å². The smallest absolute Gasteiger partial charge is 0.139 e. The Bertz CT molecular complexity index is 404. The molecule has 0 saturated heterocycles. The quantitative estimate of drug-likeness (QED) is 0.797. The third-order valence-electron chi connectivity index (χ3n) is 2.52. The van der Waals surface area contributed by atoms with Gasteiger partial charge in [0.2, 0.25) is 0 Å². The van der Waals surface area contributed by atoms with Crippen molar-refractivity contribution in [3.63, 3.8) is 0 Å². The lowest BCUT2D eigenvalue weighted by molar-refractivity contribution is -0.118. The number of carbonyl (C=O) groups is 1. The van der Waals surface area contributed by atoms with Crippen LogP contribution in [0, 0.1) is 0 Å². The maximum atomic E-state index is 11.5. The standard InChI is InChI=1S/C11H12ClNO2/c1-15-10-3-2-9-8(11(10)12)6-7(14)4-5-13-9/h2-3,13H,4-6H2,1H3. The lowest BCUT2D eigenvalue weighted by Gasteiger charge is -2.11. The first-order valence-electron chi connectivity index (χ1n) is 4.83. The van der Waals surface area contributed by atoms with Gasteiger partial charge in [0.05, 0.1) is 12.1 Å². The second-order valence-electron chi connectivity index (χ2n) is 3.50. The average Bonchev–Trinajstić information content (AvgIpc) is 2.41.